The Hall–Kier alpha value is -0.850. The molecule has 2 unspecified atom stereocenters. The molecule has 3 N–H and O–H groups in total. The molecule has 0 aromatic heterocycles. The van der Waals surface area contributed by atoms with Gasteiger partial charge in [-0.15, -0.1) is 0 Å². The van der Waals surface area contributed by atoms with Crippen molar-refractivity contribution in [1.29, 1.82) is 0 Å². The third-order valence-electron chi connectivity index (χ3n) is 3.83. The maximum Gasteiger partial charge on any atom is 0.407 e. The van der Waals surface area contributed by atoms with E-state index in [1.807, 2.05) is 20.8 Å². The van der Waals surface area contributed by atoms with Crippen molar-refractivity contribution in [3.8, 4) is 0 Å². The second-order valence-electron chi connectivity index (χ2n) is 7.03. The highest BCUT2D eigenvalue weighted by Crippen LogP contribution is 2.16. The Kier molecular flexibility index (Phi) is 6.90. The summed E-state index contributed by atoms with van der Waals surface area (Å²) in [5.41, 5.74) is 5.42. The van der Waals surface area contributed by atoms with Gasteiger partial charge in [-0.05, 0) is 54.3 Å². The standard InChI is InChI=1S/C15H32N4O2/c1-15(2,3)21-14(20)17-10-13(9-16)19-8-6-7-12(11-19)18(4)5/h12-13H,6-11,16H2,1-5H3,(H,17,20). The van der Waals surface area contributed by atoms with Gasteiger partial charge in [0.05, 0.1) is 0 Å². The monoisotopic (exact) mass is 300 g/mol. The minimum atomic E-state index is -0.469. The number of hydrogen-bond donors (Lipinski definition) is 2. The first-order valence-electron chi connectivity index (χ1n) is 7.80. The number of ether oxygens (including phenoxy) is 1. The lowest BCUT2D eigenvalue weighted by Crippen LogP contribution is -2.55. The quantitative estimate of drug-likeness (QED) is 0.788. The summed E-state index contributed by atoms with van der Waals surface area (Å²) < 4.78 is 5.26. The molecule has 0 bridgehead atoms. The molecule has 1 aliphatic heterocycles. The van der Waals surface area contributed by atoms with Gasteiger partial charge >= 0.3 is 6.09 Å². The zero-order valence-corrected chi connectivity index (χ0v) is 14.2. The number of carbonyl (C=O) groups is 1. The van der Waals surface area contributed by atoms with E-state index < -0.39 is 5.60 Å². The van der Waals surface area contributed by atoms with Gasteiger partial charge in [0, 0.05) is 31.7 Å². The summed E-state index contributed by atoms with van der Waals surface area (Å²) in [5.74, 6) is 0. The van der Waals surface area contributed by atoms with Crippen LogP contribution in [0.5, 0.6) is 0 Å². The Morgan fingerprint density at radius 1 is 1.48 bits per heavy atom. The molecule has 0 saturated carbocycles. The molecular weight excluding hydrogens is 268 g/mol. The largest absolute Gasteiger partial charge is 0.444 e. The van der Waals surface area contributed by atoms with Gasteiger partial charge in [-0.1, -0.05) is 0 Å². The summed E-state index contributed by atoms with van der Waals surface area (Å²) in [5, 5.41) is 2.84. The van der Waals surface area contributed by atoms with Gasteiger partial charge in [0.1, 0.15) is 5.60 Å². The summed E-state index contributed by atoms with van der Waals surface area (Å²) in [7, 11) is 4.23. The summed E-state index contributed by atoms with van der Waals surface area (Å²) in [6, 6.07) is 0.731. The highest BCUT2D eigenvalue weighted by Gasteiger charge is 2.27. The fourth-order valence-corrected chi connectivity index (χ4v) is 2.61. The van der Waals surface area contributed by atoms with Crippen LogP contribution in [-0.4, -0.2) is 73.9 Å². The summed E-state index contributed by atoms with van der Waals surface area (Å²) in [4.78, 5) is 16.4. The average molecular weight is 300 g/mol. The number of likely N-dealkylation sites (N-methyl/N-ethyl adjacent to an activating group) is 1. The molecule has 21 heavy (non-hydrogen) atoms. The van der Waals surface area contributed by atoms with E-state index >= 15 is 0 Å². The smallest absolute Gasteiger partial charge is 0.407 e. The molecule has 1 aliphatic rings. The SMILES string of the molecule is CN(C)C1CCCN(C(CN)CNC(=O)OC(C)(C)C)C1. The lowest BCUT2D eigenvalue weighted by molar-refractivity contribution is 0.0487. The molecule has 0 aliphatic carbocycles. The zero-order valence-electron chi connectivity index (χ0n) is 14.2. The third-order valence-corrected chi connectivity index (χ3v) is 3.83. The lowest BCUT2D eigenvalue weighted by Gasteiger charge is -2.40. The van der Waals surface area contributed by atoms with Crippen molar-refractivity contribution in [2.75, 3.05) is 40.3 Å². The van der Waals surface area contributed by atoms with Crippen molar-refractivity contribution in [1.82, 2.24) is 15.1 Å². The van der Waals surface area contributed by atoms with Crippen LogP contribution in [0.4, 0.5) is 4.79 Å². The Bertz CT molecular complexity index is 328. The molecule has 1 fully saturated rings. The second-order valence-corrected chi connectivity index (χ2v) is 7.03. The van der Waals surface area contributed by atoms with Crippen molar-refractivity contribution in [3.63, 3.8) is 0 Å². The molecule has 1 heterocycles. The van der Waals surface area contributed by atoms with Crippen molar-refractivity contribution >= 4 is 6.09 Å². The minimum absolute atomic E-state index is 0.167. The fourth-order valence-electron chi connectivity index (χ4n) is 2.61. The molecule has 6 nitrogen and oxygen atoms in total. The molecule has 1 rings (SSSR count). The number of amides is 1. The molecule has 0 aromatic rings. The average Bonchev–Trinajstić information content (AvgIpc) is 2.37. The van der Waals surface area contributed by atoms with Gasteiger partial charge in [0.2, 0.25) is 0 Å². The molecule has 1 saturated heterocycles. The van der Waals surface area contributed by atoms with E-state index in [0.29, 0.717) is 19.1 Å². The molecule has 2 atom stereocenters. The van der Waals surface area contributed by atoms with Gasteiger partial charge in [-0.2, -0.15) is 0 Å². The summed E-state index contributed by atoms with van der Waals surface area (Å²) in [6.45, 7) is 8.70. The first kappa shape index (κ1) is 18.2. The normalized spacial score (nSPS) is 22.1. The molecule has 124 valence electrons. The number of likely N-dealkylation sites (tertiary alicyclic amines) is 1. The number of nitrogens with zero attached hydrogens (tertiary/aromatic N) is 2. The first-order chi connectivity index (χ1) is 9.73. The molecule has 0 radical (unpaired) electrons. The Morgan fingerprint density at radius 3 is 2.67 bits per heavy atom. The van der Waals surface area contributed by atoms with E-state index in [1.165, 1.54) is 12.8 Å². The zero-order chi connectivity index (χ0) is 16.0. The lowest BCUT2D eigenvalue weighted by atomic mass is 10.0. The summed E-state index contributed by atoms with van der Waals surface area (Å²) in [6.07, 6.45) is 2.02. The van der Waals surface area contributed by atoms with Crippen LogP contribution in [0.2, 0.25) is 0 Å². The third kappa shape index (κ3) is 6.63. The number of nitrogens with one attached hydrogen (secondary N) is 1. The molecule has 0 spiro atoms. The van der Waals surface area contributed by atoms with Gasteiger partial charge in [0.25, 0.3) is 0 Å². The number of nitrogens with two attached hydrogens (primary N) is 1. The molecule has 1 amide bonds. The van der Waals surface area contributed by atoms with E-state index in [-0.39, 0.29) is 12.1 Å². The van der Waals surface area contributed by atoms with E-state index in [0.717, 1.165) is 13.1 Å². The molecule has 0 aromatic carbocycles. The van der Waals surface area contributed by atoms with Crippen LogP contribution in [0.3, 0.4) is 0 Å². The van der Waals surface area contributed by atoms with Crippen LogP contribution in [0.15, 0.2) is 0 Å². The number of carbonyl (C=O) groups excluding carboxylic acids is 1. The van der Waals surface area contributed by atoms with E-state index in [1.54, 1.807) is 0 Å². The van der Waals surface area contributed by atoms with Crippen LogP contribution < -0.4 is 11.1 Å². The van der Waals surface area contributed by atoms with Crippen LogP contribution in [0.1, 0.15) is 33.6 Å². The second kappa shape index (κ2) is 7.96. The van der Waals surface area contributed by atoms with Crippen molar-refractivity contribution < 1.29 is 9.53 Å². The fraction of sp³-hybridized carbons (Fsp3) is 0.933. The predicted octanol–water partition coefficient (Wildman–Crippen LogP) is 0.864. The van der Waals surface area contributed by atoms with Crippen LogP contribution in [0, 0.1) is 0 Å². The van der Waals surface area contributed by atoms with Crippen LogP contribution >= 0.6 is 0 Å². The summed E-state index contributed by atoms with van der Waals surface area (Å²) >= 11 is 0. The Labute approximate surface area is 129 Å². The van der Waals surface area contributed by atoms with E-state index in [2.05, 4.69) is 29.2 Å². The maximum absolute atomic E-state index is 11.7. The predicted molar refractivity (Wildman–Crippen MR) is 85.4 cm³/mol. The Balaban J connectivity index is 2.45. The van der Waals surface area contributed by atoms with E-state index in [4.69, 9.17) is 10.5 Å². The van der Waals surface area contributed by atoms with Gasteiger partial charge in [-0.25, -0.2) is 4.79 Å². The topological polar surface area (TPSA) is 70.8 Å². The molecule has 6 heteroatoms. The number of piperidine rings is 1. The van der Waals surface area contributed by atoms with Gasteiger partial charge < -0.3 is 20.7 Å². The van der Waals surface area contributed by atoms with Crippen molar-refractivity contribution in [2.24, 2.45) is 5.73 Å². The number of hydrogen-bond acceptors (Lipinski definition) is 5. The van der Waals surface area contributed by atoms with Gasteiger partial charge in [-0.3, -0.25) is 4.90 Å². The minimum Gasteiger partial charge on any atom is -0.444 e. The van der Waals surface area contributed by atoms with E-state index in [9.17, 15) is 4.79 Å². The van der Waals surface area contributed by atoms with Crippen LogP contribution in [-0.2, 0) is 4.74 Å². The first-order valence-corrected chi connectivity index (χ1v) is 7.80. The highest BCUT2D eigenvalue weighted by atomic mass is 16.6. The number of alkyl carbamates (subject to hydrolysis) is 1. The maximum atomic E-state index is 11.7. The van der Waals surface area contributed by atoms with Crippen molar-refractivity contribution in [2.45, 2.75) is 51.3 Å². The molecular formula is C15H32N4O2. The Morgan fingerprint density at radius 2 is 2.14 bits per heavy atom. The van der Waals surface area contributed by atoms with Crippen molar-refractivity contribution in [3.05, 3.63) is 0 Å². The van der Waals surface area contributed by atoms with Gasteiger partial charge in [0.15, 0.2) is 0 Å². The highest BCUT2D eigenvalue weighted by molar-refractivity contribution is 5.67. The van der Waals surface area contributed by atoms with Crippen LogP contribution in [0.25, 0.3) is 0 Å². The number of rotatable bonds is 5.